The molecule has 0 spiro atoms. The van der Waals surface area contributed by atoms with Gasteiger partial charge < -0.3 is 9.64 Å². The second kappa shape index (κ2) is 9.09. The number of carbonyl (C=O) groups excluding carboxylic acids is 2. The van der Waals surface area contributed by atoms with Gasteiger partial charge in [0.2, 0.25) is 0 Å². The predicted octanol–water partition coefficient (Wildman–Crippen LogP) is 4.64. The van der Waals surface area contributed by atoms with Gasteiger partial charge >= 0.3 is 5.97 Å². The molecule has 2 aromatic rings. The molecule has 3 rings (SSSR count). The number of amides is 1. The Labute approximate surface area is 164 Å². The molecule has 0 N–H and O–H groups in total. The van der Waals surface area contributed by atoms with Gasteiger partial charge in [-0.1, -0.05) is 56.3 Å². The molecule has 0 saturated carbocycles. The lowest BCUT2D eigenvalue weighted by Gasteiger charge is -2.23. The molecule has 0 bridgehead atoms. The molecule has 0 saturated heterocycles. The molecule has 1 aliphatic rings. The first-order valence-corrected chi connectivity index (χ1v) is 10.3. The molecule has 5 heteroatoms. The highest BCUT2D eigenvalue weighted by atomic mass is 32.2. The highest BCUT2D eigenvalue weighted by molar-refractivity contribution is 8.00. The smallest absolute Gasteiger partial charge is 0.313 e. The van der Waals surface area contributed by atoms with Gasteiger partial charge in [-0.3, -0.25) is 9.59 Å². The minimum Gasteiger partial charge on any atom is -0.455 e. The molecule has 0 radical (unpaired) electrons. The third-order valence-electron chi connectivity index (χ3n) is 4.78. The largest absolute Gasteiger partial charge is 0.455 e. The van der Waals surface area contributed by atoms with Gasteiger partial charge in [0.1, 0.15) is 0 Å². The number of ether oxygens (including phenoxy) is 1. The Hall–Kier alpha value is -2.27. The zero-order valence-electron chi connectivity index (χ0n) is 15.8. The minimum absolute atomic E-state index is 0.173. The summed E-state index contributed by atoms with van der Waals surface area (Å²) in [4.78, 5) is 28.2. The number of hydrogen-bond acceptors (Lipinski definition) is 4. The van der Waals surface area contributed by atoms with Crippen molar-refractivity contribution < 1.29 is 14.3 Å². The summed E-state index contributed by atoms with van der Waals surface area (Å²) in [6.45, 7) is 4.53. The normalized spacial score (nSPS) is 17.6. The average molecular weight is 384 g/mol. The van der Waals surface area contributed by atoms with E-state index in [0.717, 1.165) is 22.6 Å². The average Bonchev–Trinajstić information content (AvgIpc) is 2.85. The lowest BCUT2D eigenvalue weighted by Crippen LogP contribution is -2.36. The number of anilines is 1. The van der Waals surface area contributed by atoms with Crippen molar-refractivity contribution >= 4 is 29.3 Å². The molecule has 2 atom stereocenters. The Morgan fingerprint density at radius 3 is 2.59 bits per heavy atom. The number of carbonyl (C=O) groups is 2. The molecule has 0 aliphatic carbocycles. The van der Waals surface area contributed by atoms with Crippen molar-refractivity contribution in [3.05, 3.63) is 60.2 Å². The first-order valence-electron chi connectivity index (χ1n) is 9.37. The van der Waals surface area contributed by atoms with Crippen molar-refractivity contribution in [2.45, 2.75) is 42.8 Å². The fourth-order valence-corrected chi connectivity index (χ4v) is 4.39. The number of para-hydroxylation sites is 1. The second-order valence-corrected chi connectivity index (χ2v) is 8.19. The molecular formula is C22H25NO3S. The van der Waals surface area contributed by atoms with Crippen LogP contribution in [0.25, 0.3) is 0 Å². The lowest BCUT2D eigenvalue weighted by molar-refractivity contribution is -0.149. The maximum absolute atomic E-state index is 12.8. The van der Waals surface area contributed by atoms with Gasteiger partial charge in [-0.15, -0.1) is 11.8 Å². The number of benzene rings is 2. The summed E-state index contributed by atoms with van der Waals surface area (Å²) in [5.74, 6) is -0.859. The molecule has 4 nitrogen and oxygen atoms in total. The zero-order valence-corrected chi connectivity index (χ0v) is 16.6. The topological polar surface area (TPSA) is 46.6 Å². The third-order valence-corrected chi connectivity index (χ3v) is 6.01. The Kier molecular flexibility index (Phi) is 6.56. The second-order valence-electron chi connectivity index (χ2n) is 6.71. The van der Waals surface area contributed by atoms with Crippen molar-refractivity contribution in [3.8, 4) is 0 Å². The van der Waals surface area contributed by atoms with E-state index in [1.165, 1.54) is 0 Å². The molecule has 2 aromatic carbocycles. The van der Waals surface area contributed by atoms with E-state index in [4.69, 9.17) is 4.74 Å². The molecular weight excluding hydrogens is 358 g/mol. The minimum atomic E-state index is -0.345. The van der Waals surface area contributed by atoms with E-state index in [1.807, 2.05) is 61.5 Å². The Morgan fingerprint density at radius 1 is 1.15 bits per heavy atom. The van der Waals surface area contributed by atoms with Crippen LogP contribution in [-0.2, 0) is 14.3 Å². The predicted molar refractivity (Wildman–Crippen MR) is 109 cm³/mol. The van der Waals surface area contributed by atoms with Gasteiger partial charge in [0.15, 0.2) is 6.61 Å². The van der Waals surface area contributed by atoms with Crippen LogP contribution in [0.3, 0.4) is 0 Å². The van der Waals surface area contributed by atoms with Crippen molar-refractivity contribution in [2.24, 2.45) is 0 Å². The van der Waals surface area contributed by atoms with Crippen LogP contribution in [0.4, 0.5) is 5.69 Å². The van der Waals surface area contributed by atoms with Gasteiger partial charge in [0.25, 0.3) is 5.91 Å². The number of nitrogens with zero attached hydrogens (tertiary/aromatic N) is 1. The van der Waals surface area contributed by atoms with Crippen LogP contribution < -0.4 is 4.90 Å². The van der Waals surface area contributed by atoms with Crippen LogP contribution in [0.2, 0.25) is 0 Å². The Balaban J connectivity index is 1.68. The van der Waals surface area contributed by atoms with Gasteiger partial charge in [0, 0.05) is 16.7 Å². The van der Waals surface area contributed by atoms with E-state index >= 15 is 0 Å². The summed E-state index contributed by atoms with van der Waals surface area (Å²) in [5, 5.41) is 0.439. The summed E-state index contributed by atoms with van der Waals surface area (Å²) >= 11 is 1.78. The quantitative estimate of drug-likeness (QED) is 0.706. The highest BCUT2D eigenvalue weighted by Crippen LogP contribution is 2.37. The standard InChI is InChI=1S/C22H25NO3S/c1-3-18(17-9-5-4-6-10-17)22(25)26-15-21(24)23-14-13-16(2)27-20-12-8-7-11-19(20)23/h4-12,16,18H,3,13-15H2,1-2H3. The van der Waals surface area contributed by atoms with Gasteiger partial charge in [-0.2, -0.15) is 0 Å². The zero-order chi connectivity index (χ0) is 19.2. The molecule has 1 heterocycles. The van der Waals surface area contributed by atoms with Crippen molar-refractivity contribution in [1.82, 2.24) is 0 Å². The lowest BCUT2D eigenvalue weighted by atomic mass is 9.97. The van der Waals surface area contributed by atoms with Crippen LogP contribution in [0, 0.1) is 0 Å². The first-order chi connectivity index (χ1) is 13.1. The SMILES string of the molecule is CCC(C(=O)OCC(=O)N1CCC(C)Sc2ccccc21)c1ccccc1. The number of thioether (sulfide) groups is 1. The monoisotopic (exact) mass is 383 g/mol. The van der Waals surface area contributed by atoms with Crippen LogP contribution >= 0.6 is 11.8 Å². The first kappa shape index (κ1) is 19.5. The fourth-order valence-electron chi connectivity index (χ4n) is 3.28. The van der Waals surface area contributed by atoms with Crippen molar-refractivity contribution in [3.63, 3.8) is 0 Å². The fraction of sp³-hybridized carbons (Fsp3) is 0.364. The Bertz CT molecular complexity index is 793. The molecule has 1 aliphatic heterocycles. The maximum atomic E-state index is 12.8. The summed E-state index contributed by atoms with van der Waals surface area (Å²) in [6.07, 6.45) is 1.54. The molecule has 2 unspecified atom stereocenters. The third kappa shape index (κ3) is 4.72. The van der Waals surface area contributed by atoms with Crippen LogP contribution in [0.5, 0.6) is 0 Å². The van der Waals surface area contributed by atoms with E-state index in [0.29, 0.717) is 18.2 Å². The summed E-state index contributed by atoms with van der Waals surface area (Å²) in [6, 6.07) is 17.5. The maximum Gasteiger partial charge on any atom is 0.313 e. The van der Waals surface area contributed by atoms with E-state index in [1.54, 1.807) is 16.7 Å². The molecule has 0 fully saturated rings. The van der Waals surface area contributed by atoms with Gasteiger partial charge in [0.05, 0.1) is 11.6 Å². The number of hydrogen-bond donors (Lipinski definition) is 0. The number of fused-ring (bicyclic) bond motifs is 1. The summed E-state index contributed by atoms with van der Waals surface area (Å²) < 4.78 is 5.41. The van der Waals surface area contributed by atoms with E-state index < -0.39 is 0 Å². The van der Waals surface area contributed by atoms with Crippen molar-refractivity contribution in [2.75, 3.05) is 18.1 Å². The number of esters is 1. The van der Waals surface area contributed by atoms with E-state index in [9.17, 15) is 9.59 Å². The van der Waals surface area contributed by atoms with Crippen LogP contribution in [0.1, 0.15) is 38.2 Å². The molecule has 0 aromatic heterocycles. The van der Waals surface area contributed by atoms with E-state index in [2.05, 4.69) is 6.92 Å². The van der Waals surface area contributed by atoms with Crippen molar-refractivity contribution in [1.29, 1.82) is 0 Å². The van der Waals surface area contributed by atoms with Gasteiger partial charge in [-0.05, 0) is 30.5 Å². The van der Waals surface area contributed by atoms with Crippen LogP contribution in [-0.4, -0.2) is 30.3 Å². The molecule has 142 valence electrons. The molecule has 1 amide bonds. The van der Waals surface area contributed by atoms with Crippen LogP contribution in [0.15, 0.2) is 59.5 Å². The Morgan fingerprint density at radius 2 is 1.85 bits per heavy atom. The number of rotatable bonds is 5. The summed E-state index contributed by atoms with van der Waals surface area (Å²) in [5.41, 5.74) is 1.82. The molecule has 27 heavy (non-hydrogen) atoms. The van der Waals surface area contributed by atoms with E-state index in [-0.39, 0.29) is 24.4 Å². The highest BCUT2D eigenvalue weighted by Gasteiger charge is 2.26. The summed E-state index contributed by atoms with van der Waals surface area (Å²) in [7, 11) is 0. The van der Waals surface area contributed by atoms with Gasteiger partial charge in [-0.25, -0.2) is 0 Å².